The molecule has 0 fully saturated rings. The zero-order valence-electron chi connectivity index (χ0n) is 13.8. The van der Waals surface area contributed by atoms with Gasteiger partial charge >= 0.3 is 5.69 Å². The van der Waals surface area contributed by atoms with Crippen LogP contribution in [0.2, 0.25) is 0 Å². The van der Waals surface area contributed by atoms with Crippen LogP contribution in [0.1, 0.15) is 17.7 Å². The summed E-state index contributed by atoms with van der Waals surface area (Å²) >= 11 is 1.13. The van der Waals surface area contributed by atoms with Crippen LogP contribution in [0.5, 0.6) is 0 Å². The Kier molecular flexibility index (Phi) is 5.67. The predicted molar refractivity (Wildman–Crippen MR) is 93.3 cm³/mol. The highest BCUT2D eigenvalue weighted by Gasteiger charge is 2.22. The molecule has 0 saturated carbocycles. The number of anilines is 1. The van der Waals surface area contributed by atoms with Crippen LogP contribution in [0.15, 0.2) is 28.0 Å². The molecule has 0 atom stereocenters. The van der Waals surface area contributed by atoms with E-state index in [-0.39, 0.29) is 24.6 Å². The summed E-state index contributed by atoms with van der Waals surface area (Å²) in [6.45, 7) is 0.0624. The Hall–Kier alpha value is -2.26. The number of halogens is 2. The first-order valence-electron chi connectivity index (χ1n) is 8.10. The molecule has 1 amide bonds. The third-order valence-electron chi connectivity index (χ3n) is 4.07. The van der Waals surface area contributed by atoms with Crippen molar-refractivity contribution in [3.05, 3.63) is 51.6 Å². The number of aliphatic hydroxyl groups is 1. The van der Waals surface area contributed by atoms with Crippen LogP contribution < -0.4 is 11.0 Å². The first-order chi connectivity index (χ1) is 12.5. The van der Waals surface area contributed by atoms with E-state index in [4.69, 9.17) is 5.11 Å². The Morgan fingerprint density at radius 3 is 2.85 bits per heavy atom. The number of carbonyl (C=O) groups excluding carboxylic acids is 1. The minimum Gasteiger partial charge on any atom is -0.395 e. The number of carbonyl (C=O) groups is 1. The molecule has 2 aromatic rings. The number of aliphatic hydroxyl groups excluding tert-OH is 1. The smallest absolute Gasteiger partial charge is 0.348 e. The lowest BCUT2D eigenvalue weighted by atomic mass is 10.2. The fourth-order valence-corrected chi connectivity index (χ4v) is 3.82. The number of hydrogen-bond donors (Lipinski definition) is 2. The maximum absolute atomic E-state index is 13.2. The number of nitrogens with zero attached hydrogens (tertiary/aromatic N) is 2. The second-order valence-electron chi connectivity index (χ2n) is 5.82. The molecular weight excluding hydrogens is 364 g/mol. The van der Waals surface area contributed by atoms with Crippen molar-refractivity contribution >= 4 is 23.4 Å². The van der Waals surface area contributed by atoms with Crippen molar-refractivity contribution in [2.75, 3.05) is 17.7 Å². The number of aromatic nitrogens is 2. The van der Waals surface area contributed by atoms with Crippen molar-refractivity contribution in [1.29, 1.82) is 0 Å². The molecule has 9 heteroatoms. The number of fused-ring (bicyclic) bond motifs is 1. The summed E-state index contributed by atoms with van der Waals surface area (Å²) in [7, 11) is 0. The van der Waals surface area contributed by atoms with Gasteiger partial charge in [-0.2, -0.15) is 4.98 Å². The van der Waals surface area contributed by atoms with Crippen LogP contribution in [0.3, 0.4) is 0 Å². The Balaban J connectivity index is 1.70. The third kappa shape index (κ3) is 3.94. The molecule has 0 radical (unpaired) electrons. The van der Waals surface area contributed by atoms with Gasteiger partial charge in [0.1, 0.15) is 5.03 Å². The van der Waals surface area contributed by atoms with Gasteiger partial charge in [0.05, 0.1) is 18.9 Å². The van der Waals surface area contributed by atoms with Crippen LogP contribution in [0.25, 0.3) is 0 Å². The van der Waals surface area contributed by atoms with Gasteiger partial charge in [0, 0.05) is 23.0 Å². The molecule has 1 heterocycles. The molecule has 0 aliphatic heterocycles. The molecule has 3 rings (SSSR count). The van der Waals surface area contributed by atoms with Crippen LogP contribution in [0.4, 0.5) is 14.5 Å². The number of benzene rings is 1. The van der Waals surface area contributed by atoms with E-state index in [0.29, 0.717) is 5.03 Å². The summed E-state index contributed by atoms with van der Waals surface area (Å²) in [6, 6.07) is 3.12. The summed E-state index contributed by atoms with van der Waals surface area (Å²) in [6.07, 6.45) is 2.39. The second-order valence-corrected chi connectivity index (χ2v) is 6.78. The molecular formula is C17H17F2N3O3S. The molecule has 1 aromatic carbocycles. The first kappa shape index (κ1) is 18.5. The lowest BCUT2D eigenvalue weighted by molar-refractivity contribution is -0.113. The molecule has 0 bridgehead atoms. The predicted octanol–water partition coefficient (Wildman–Crippen LogP) is 1.73. The zero-order chi connectivity index (χ0) is 18.7. The fourth-order valence-electron chi connectivity index (χ4n) is 2.94. The van der Waals surface area contributed by atoms with Gasteiger partial charge in [-0.15, -0.1) is 0 Å². The Morgan fingerprint density at radius 1 is 1.31 bits per heavy atom. The van der Waals surface area contributed by atoms with Crippen molar-refractivity contribution in [3.63, 3.8) is 0 Å². The number of nitrogens with one attached hydrogen (secondary N) is 1. The number of hydrogen-bond acceptors (Lipinski definition) is 5. The molecule has 0 saturated heterocycles. The van der Waals surface area contributed by atoms with Gasteiger partial charge in [0.15, 0.2) is 11.6 Å². The van der Waals surface area contributed by atoms with E-state index in [0.717, 1.165) is 54.4 Å². The molecule has 26 heavy (non-hydrogen) atoms. The lowest BCUT2D eigenvalue weighted by Gasteiger charge is -2.13. The Bertz CT molecular complexity index is 902. The zero-order valence-corrected chi connectivity index (χ0v) is 14.6. The number of rotatable bonds is 6. The average Bonchev–Trinajstić information content (AvgIpc) is 3.09. The van der Waals surface area contributed by atoms with Crippen LogP contribution >= 0.6 is 11.8 Å². The van der Waals surface area contributed by atoms with E-state index in [1.54, 1.807) is 0 Å². The number of thioether (sulfide) groups is 1. The van der Waals surface area contributed by atoms with E-state index in [1.807, 2.05) is 0 Å². The Labute approximate surface area is 152 Å². The number of amides is 1. The molecule has 0 unspecified atom stereocenters. The van der Waals surface area contributed by atoms with E-state index in [1.165, 1.54) is 10.6 Å². The van der Waals surface area contributed by atoms with E-state index < -0.39 is 23.2 Å². The molecule has 6 nitrogen and oxygen atoms in total. The molecule has 1 aliphatic rings. The summed E-state index contributed by atoms with van der Waals surface area (Å²) in [4.78, 5) is 28.2. The minimum absolute atomic E-state index is 0.0120. The van der Waals surface area contributed by atoms with Gasteiger partial charge < -0.3 is 10.4 Å². The minimum atomic E-state index is -1.04. The van der Waals surface area contributed by atoms with E-state index in [2.05, 4.69) is 10.3 Å². The van der Waals surface area contributed by atoms with Gasteiger partial charge in [0.2, 0.25) is 5.91 Å². The molecule has 1 aliphatic carbocycles. The van der Waals surface area contributed by atoms with Gasteiger partial charge in [-0.3, -0.25) is 9.36 Å². The summed E-state index contributed by atoms with van der Waals surface area (Å²) < 4.78 is 27.6. The van der Waals surface area contributed by atoms with Crippen molar-refractivity contribution in [3.8, 4) is 0 Å². The summed E-state index contributed by atoms with van der Waals surface area (Å²) in [5.41, 5.74) is 1.51. The van der Waals surface area contributed by atoms with E-state index >= 15 is 0 Å². The summed E-state index contributed by atoms with van der Waals surface area (Å²) in [5.74, 6) is -2.45. The maximum atomic E-state index is 13.2. The standard InChI is InChI=1S/C17H17F2N3O3S/c18-12-5-4-10(8-13(12)19)20-15(24)9-26-16-11-2-1-3-14(11)22(6-7-23)17(25)21-16/h4-5,8,23H,1-3,6-7,9H2,(H,20,24). The highest BCUT2D eigenvalue weighted by molar-refractivity contribution is 8.00. The van der Waals surface area contributed by atoms with Crippen molar-refractivity contribution in [1.82, 2.24) is 9.55 Å². The highest BCUT2D eigenvalue weighted by atomic mass is 32.2. The van der Waals surface area contributed by atoms with Crippen molar-refractivity contribution < 1.29 is 18.7 Å². The SMILES string of the molecule is O=C(CSc1nc(=O)n(CCO)c2c1CCC2)Nc1ccc(F)c(F)c1. The van der Waals surface area contributed by atoms with Gasteiger partial charge in [-0.1, -0.05) is 11.8 Å². The normalized spacial score (nSPS) is 12.9. The monoisotopic (exact) mass is 381 g/mol. The first-order valence-corrected chi connectivity index (χ1v) is 9.09. The van der Waals surface area contributed by atoms with Crippen LogP contribution in [-0.4, -0.2) is 32.9 Å². The Morgan fingerprint density at radius 2 is 2.12 bits per heavy atom. The fraction of sp³-hybridized carbons (Fsp3) is 0.353. The molecule has 138 valence electrons. The summed E-state index contributed by atoms with van der Waals surface area (Å²) in [5, 5.41) is 12.1. The topological polar surface area (TPSA) is 84.2 Å². The third-order valence-corrected chi connectivity index (χ3v) is 5.09. The highest BCUT2D eigenvalue weighted by Crippen LogP contribution is 2.29. The average molecular weight is 381 g/mol. The maximum Gasteiger partial charge on any atom is 0.348 e. The van der Waals surface area contributed by atoms with E-state index in [9.17, 15) is 18.4 Å². The van der Waals surface area contributed by atoms with Gasteiger partial charge in [-0.05, 0) is 31.4 Å². The van der Waals surface area contributed by atoms with Crippen LogP contribution in [0, 0.1) is 11.6 Å². The quantitative estimate of drug-likeness (QED) is 0.588. The van der Waals surface area contributed by atoms with Gasteiger partial charge in [0.25, 0.3) is 0 Å². The van der Waals surface area contributed by atoms with Crippen LogP contribution in [-0.2, 0) is 24.2 Å². The largest absolute Gasteiger partial charge is 0.395 e. The molecule has 0 spiro atoms. The molecule has 2 N–H and O–H groups in total. The van der Waals surface area contributed by atoms with Crippen molar-refractivity contribution in [2.45, 2.75) is 30.8 Å². The van der Waals surface area contributed by atoms with Crippen molar-refractivity contribution in [2.24, 2.45) is 0 Å². The molecule has 1 aromatic heterocycles. The van der Waals surface area contributed by atoms with Gasteiger partial charge in [-0.25, -0.2) is 13.6 Å². The second kappa shape index (κ2) is 7.96. The lowest BCUT2D eigenvalue weighted by Crippen LogP contribution is -2.28.